The van der Waals surface area contributed by atoms with Crippen molar-refractivity contribution < 1.29 is 4.79 Å². The number of nitrogens with zero attached hydrogens (tertiary/aromatic N) is 2. The van der Waals surface area contributed by atoms with Gasteiger partial charge in [-0.15, -0.1) is 0 Å². The Labute approximate surface area is 115 Å². The van der Waals surface area contributed by atoms with Gasteiger partial charge < -0.3 is 10.6 Å². The van der Waals surface area contributed by atoms with E-state index in [9.17, 15) is 4.79 Å². The third-order valence-corrected chi connectivity index (χ3v) is 3.55. The van der Waals surface area contributed by atoms with Gasteiger partial charge in [-0.1, -0.05) is 20.8 Å². The molecule has 104 valence electrons. The summed E-state index contributed by atoms with van der Waals surface area (Å²) in [6.45, 7) is 7.79. The molecular weight excluding hydrogens is 238 g/mol. The average Bonchev–Trinajstić information content (AvgIpc) is 2.75. The Morgan fingerprint density at radius 1 is 1.53 bits per heavy atom. The molecule has 1 aliphatic heterocycles. The van der Waals surface area contributed by atoms with Crippen molar-refractivity contribution in [3.8, 4) is 0 Å². The SMILES string of the molecule is CC(C)(C)C[C@@H]1CCCN1c1cc(C(N)=O)ccn1. The minimum atomic E-state index is -0.393. The summed E-state index contributed by atoms with van der Waals surface area (Å²) in [6.07, 6.45) is 5.18. The topological polar surface area (TPSA) is 59.2 Å². The normalized spacial score (nSPS) is 19.7. The maximum atomic E-state index is 11.3. The van der Waals surface area contributed by atoms with Gasteiger partial charge >= 0.3 is 0 Å². The van der Waals surface area contributed by atoms with E-state index in [4.69, 9.17) is 5.73 Å². The fraction of sp³-hybridized carbons (Fsp3) is 0.600. The van der Waals surface area contributed by atoms with Crippen molar-refractivity contribution in [3.05, 3.63) is 23.9 Å². The Balaban J connectivity index is 2.20. The summed E-state index contributed by atoms with van der Waals surface area (Å²) < 4.78 is 0. The number of carbonyl (C=O) groups excluding carboxylic acids is 1. The molecule has 0 spiro atoms. The molecule has 1 aromatic heterocycles. The Morgan fingerprint density at radius 2 is 2.26 bits per heavy atom. The molecule has 1 saturated heterocycles. The van der Waals surface area contributed by atoms with E-state index in [0.717, 1.165) is 18.8 Å². The molecule has 0 radical (unpaired) electrons. The highest BCUT2D eigenvalue weighted by Crippen LogP contribution is 2.32. The van der Waals surface area contributed by atoms with E-state index in [1.807, 2.05) is 6.07 Å². The molecule has 0 unspecified atom stereocenters. The van der Waals surface area contributed by atoms with E-state index in [1.54, 1.807) is 12.3 Å². The number of rotatable bonds is 3. The number of hydrogen-bond donors (Lipinski definition) is 1. The molecule has 4 heteroatoms. The minimum Gasteiger partial charge on any atom is -0.366 e. The molecule has 0 bridgehead atoms. The third kappa shape index (κ3) is 3.46. The second kappa shape index (κ2) is 5.19. The molecule has 2 N–H and O–H groups in total. The molecule has 1 aliphatic rings. The summed E-state index contributed by atoms with van der Waals surface area (Å²) in [5, 5.41) is 0. The van der Waals surface area contributed by atoms with Gasteiger partial charge in [0.1, 0.15) is 5.82 Å². The zero-order valence-electron chi connectivity index (χ0n) is 12.0. The monoisotopic (exact) mass is 261 g/mol. The fourth-order valence-electron chi connectivity index (χ4n) is 2.79. The molecular formula is C15H23N3O. The van der Waals surface area contributed by atoms with Crippen molar-refractivity contribution in [2.75, 3.05) is 11.4 Å². The second-order valence-corrected chi connectivity index (χ2v) is 6.52. The van der Waals surface area contributed by atoms with Crippen LogP contribution >= 0.6 is 0 Å². The number of nitrogens with two attached hydrogens (primary N) is 1. The molecule has 1 fully saturated rings. The van der Waals surface area contributed by atoms with Gasteiger partial charge in [0.25, 0.3) is 0 Å². The highest BCUT2D eigenvalue weighted by molar-refractivity contribution is 5.93. The van der Waals surface area contributed by atoms with Gasteiger partial charge in [0, 0.05) is 24.3 Å². The molecule has 1 aromatic rings. The fourth-order valence-corrected chi connectivity index (χ4v) is 2.79. The first-order valence-corrected chi connectivity index (χ1v) is 6.89. The molecule has 2 heterocycles. The van der Waals surface area contributed by atoms with E-state index in [-0.39, 0.29) is 0 Å². The van der Waals surface area contributed by atoms with Gasteiger partial charge in [-0.2, -0.15) is 0 Å². The summed E-state index contributed by atoms with van der Waals surface area (Å²) in [7, 11) is 0. The smallest absolute Gasteiger partial charge is 0.248 e. The van der Waals surface area contributed by atoms with Crippen molar-refractivity contribution in [3.63, 3.8) is 0 Å². The molecule has 2 rings (SSSR count). The van der Waals surface area contributed by atoms with Crippen molar-refractivity contribution in [2.45, 2.75) is 46.1 Å². The second-order valence-electron chi connectivity index (χ2n) is 6.52. The lowest BCUT2D eigenvalue weighted by Crippen LogP contribution is -2.33. The largest absolute Gasteiger partial charge is 0.366 e. The lowest BCUT2D eigenvalue weighted by Gasteiger charge is -2.31. The van der Waals surface area contributed by atoms with E-state index in [2.05, 4.69) is 30.7 Å². The van der Waals surface area contributed by atoms with Crippen LogP contribution in [0.15, 0.2) is 18.3 Å². The first-order chi connectivity index (χ1) is 8.87. The van der Waals surface area contributed by atoms with Crippen LogP contribution in [-0.4, -0.2) is 23.5 Å². The highest BCUT2D eigenvalue weighted by atomic mass is 16.1. The van der Waals surface area contributed by atoms with Gasteiger partial charge in [0.2, 0.25) is 5.91 Å². The summed E-state index contributed by atoms with van der Waals surface area (Å²) in [6, 6.07) is 3.99. The van der Waals surface area contributed by atoms with E-state index < -0.39 is 5.91 Å². The molecule has 19 heavy (non-hydrogen) atoms. The van der Waals surface area contributed by atoms with Gasteiger partial charge in [0.05, 0.1) is 0 Å². The van der Waals surface area contributed by atoms with Crippen LogP contribution in [0.1, 0.15) is 50.4 Å². The van der Waals surface area contributed by atoms with Crippen molar-refractivity contribution in [2.24, 2.45) is 11.1 Å². The van der Waals surface area contributed by atoms with Crippen molar-refractivity contribution in [1.29, 1.82) is 0 Å². The molecule has 1 amide bonds. The summed E-state index contributed by atoms with van der Waals surface area (Å²) >= 11 is 0. The van der Waals surface area contributed by atoms with Crippen molar-refractivity contribution in [1.82, 2.24) is 4.98 Å². The van der Waals surface area contributed by atoms with Crippen molar-refractivity contribution >= 4 is 11.7 Å². The Bertz CT molecular complexity index is 465. The maximum Gasteiger partial charge on any atom is 0.248 e. The molecule has 0 saturated carbocycles. The molecule has 4 nitrogen and oxygen atoms in total. The number of amides is 1. The minimum absolute atomic E-state index is 0.300. The Hall–Kier alpha value is -1.58. The molecule has 0 aromatic carbocycles. The predicted molar refractivity (Wildman–Crippen MR) is 77.2 cm³/mol. The molecule has 0 aliphatic carbocycles. The Kier molecular flexibility index (Phi) is 3.78. The lowest BCUT2D eigenvalue weighted by atomic mass is 9.87. The first-order valence-electron chi connectivity index (χ1n) is 6.89. The standard InChI is InChI=1S/C15H23N3O/c1-15(2,3)10-12-5-4-8-18(12)13-9-11(14(16)19)6-7-17-13/h6-7,9,12H,4-5,8,10H2,1-3H3,(H2,16,19)/t12-/m0/s1. The number of primary amides is 1. The van der Waals surface area contributed by atoms with Crippen LogP contribution in [0.25, 0.3) is 0 Å². The van der Waals surface area contributed by atoms with Crippen LogP contribution in [0.2, 0.25) is 0 Å². The summed E-state index contributed by atoms with van der Waals surface area (Å²) in [5.41, 5.74) is 6.17. The van der Waals surface area contributed by atoms with Crippen LogP contribution in [0.4, 0.5) is 5.82 Å². The summed E-state index contributed by atoms with van der Waals surface area (Å²) in [4.78, 5) is 18.0. The number of pyridine rings is 1. The highest BCUT2D eigenvalue weighted by Gasteiger charge is 2.29. The zero-order valence-corrected chi connectivity index (χ0v) is 12.0. The molecule has 1 atom stereocenters. The lowest BCUT2D eigenvalue weighted by molar-refractivity contribution is 0.1000. The van der Waals surface area contributed by atoms with Gasteiger partial charge in [-0.3, -0.25) is 4.79 Å². The number of hydrogen-bond acceptors (Lipinski definition) is 3. The maximum absolute atomic E-state index is 11.3. The summed E-state index contributed by atoms with van der Waals surface area (Å²) in [5.74, 6) is 0.485. The van der Waals surface area contributed by atoms with Crippen LogP contribution < -0.4 is 10.6 Å². The van der Waals surface area contributed by atoms with E-state index in [0.29, 0.717) is 17.0 Å². The van der Waals surface area contributed by atoms with Crippen LogP contribution in [0, 0.1) is 5.41 Å². The van der Waals surface area contributed by atoms with E-state index >= 15 is 0 Å². The quantitative estimate of drug-likeness (QED) is 0.909. The van der Waals surface area contributed by atoms with E-state index in [1.165, 1.54) is 12.8 Å². The van der Waals surface area contributed by atoms with Gasteiger partial charge in [0.15, 0.2) is 0 Å². The van der Waals surface area contributed by atoms with Gasteiger partial charge in [-0.05, 0) is 36.8 Å². The zero-order chi connectivity index (χ0) is 14.0. The number of carbonyl (C=O) groups is 1. The first kappa shape index (κ1) is 13.8. The average molecular weight is 261 g/mol. The van der Waals surface area contributed by atoms with Crippen LogP contribution in [-0.2, 0) is 0 Å². The predicted octanol–water partition coefficient (Wildman–Crippen LogP) is 2.59. The number of aromatic nitrogens is 1. The van der Waals surface area contributed by atoms with Gasteiger partial charge in [-0.25, -0.2) is 4.98 Å². The Morgan fingerprint density at radius 3 is 2.89 bits per heavy atom. The van der Waals surface area contributed by atoms with Crippen LogP contribution in [0.5, 0.6) is 0 Å². The number of anilines is 1. The van der Waals surface area contributed by atoms with Crippen LogP contribution in [0.3, 0.4) is 0 Å². The third-order valence-electron chi connectivity index (χ3n) is 3.55.